The number of anilines is 5. The number of hydrogen-bond acceptors (Lipinski definition) is 6. The molecule has 0 atom stereocenters. The second-order valence-corrected chi connectivity index (χ2v) is 7.74. The maximum Gasteiger partial charge on any atom is 0.247 e. The Balaban J connectivity index is 1.59. The van der Waals surface area contributed by atoms with Crippen molar-refractivity contribution >= 4 is 45.6 Å². The van der Waals surface area contributed by atoms with Crippen LogP contribution >= 0.6 is 0 Å². The summed E-state index contributed by atoms with van der Waals surface area (Å²) in [6.07, 6.45) is 8.11. The number of amides is 1. The van der Waals surface area contributed by atoms with Crippen molar-refractivity contribution in [3.05, 3.63) is 85.7 Å². The van der Waals surface area contributed by atoms with Crippen LogP contribution in [0.5, 0.6) is 0 Å². The van der Waals surface area contributed by atoms with Crippen LogP contribution in [0.1, 0.15) is 0 Å². The van der Waals surface area contributed by atoms with Crippen molar-refractivity contribution in [3.63, 3.8) is 0 Å². The van der Waals surface area contributed by atoms with Crippen LogP contribution < -0.4 is 16.0 Å². The van der Waals surface area contributed by atoms with Crippen LogP contribution in [0.25, 0.3) is 22.0 Å². The van der Waals surface area contributed by atoms with Crippen LogP contribution in [-0.2, 0) is 11.8 Å². The summed E-state index contributed by atoms with van der Waals surface area (Å²) in [6.45, 7) is 3.44. The highest BCUT2D eigenvalue weighted by Crippen LogP contribution is 2.35. The number of para-hydroxylation sites is 1. The Morgan fingerprint density at radius 3 is 2.80 bits per heavy atom. The molecule has 2 aromatic carbocycles. The number of hydrogen-bond donors (Lipinski definition) is 4. The summed E-state index contributed by atoms with van der Waals surface area (Å²) in [5.41, 5.74) is 3.67. The van der Waals surface area contributed by atoms with E-state index in [0.29, 0.717) is 28.7 Å². The molecule has 0 radical (unpaired) electrons. The van der Waals surface area contributed by atoms with Crippen molar-refractivity contribution in [2.75, 3.05) is 16.0 Å². The first-order valence-electron chi connectivity index (χ1n) is 10.7. The highest BCUT2D eigenvalue weighted by Gasteiger charge is 2.16. The molecular formula is C25H21FN8O. The largest absolute Gasteiger partial charge is 0.361 e. The minimum Gasteiger partial charge on any atom is -0.361 e. The number of aromatic nitrogens is 5. The second-order valence-electron chi connectivity index (χ2n) is 7.74. The topological polar surface area (TPSA) is 113 Å². The van der Waals surface area contributed by atoms with Crippen LogP contribution in [-0.4, -0.2) is 30.6 Å². The lowest BCUT2D eigenvalue weighted by molar-refractivity contribution is -0.111. The molecule has 5 rings (SSSR count). The lowest BCUT2D eigenvalue weighted by Crippen LogP contribution is -2.08. The number of fused-ring (bicyclic) bond motifs is 1. The van der Waals surface area contributed by atoms with E-state index in [1.54, 1.807) is 30.3 Å². The standard InChI is InChI=1S/C25H21FN8O/c1-3-22(35)30-16-7-8-20(26)21(11-16)32-24-19(18-6-4-5-15-9-10-27-23(15)18)13-28-25(33-24)31-17-12-29-34(2)14-17/h3-14,27H,1H2,2H3,(H,30,35)(H2,28,31,32,33). The Bertz CT molecular complexity index is 1550. The quantitative estimate of drug-likeness (QED) is 0.247. The minimum absolute atomic E-state index is 0.137. The van der Waals surface area contributed by atoms with E-state index in [1.165, 1.54) is 18.2 Å². The molecule has 0 unspecified atom stereocenters. The van der Waals surface area contributed by atoms with E-state index >= 15 is 0 Å². The molecule has 9 nitrogen and oxygen atoms in total. The van der Waals surface area contributed by atoms with Gasteiger partial charge in [-0.05, 0) is 35.7 Å². The molecule has 0 fully saturated rings. The molecular weight excluding hydrogens is 447 g/mol. The molecule has 0 aliphatic rings. The van der Waals surface area contributed by atoms with Crippen molar-refractivity contribution in [1.82, 2.24) is 24.7 Å². The number of nitrogens with zero attached hydrogens (tertiary/aromatic N) is 4. The van der Waals surface area contributed by atoms with Crippen LogP contribution in [0.2, 0.25) is 0 Å². The van der Waals surface area contributed by atoms with Crippen LogP contribution in [0.3, 0.4) is 0 Å². The average molecular weight is 468 g/mol. The van der Waals surface area contributed by atoms with Gasteiger partial charge in [0.1, 0.15) is 11.6 Å². The molecule has 3 aromatic heterocycles. The fraction of sp³-hybridized carbons (Fsp3) is 0.0400. The summed E-state index contributed by atoms with van der Waals surface area (Å²) in [5, 5.41) is 14.0. The molecule has 0 aliphatic carbocycles. The summed E-state index contributed by atoms with van der Waals surface area (Å²) in [6, 6.07) is 12.1. The number of H-pyrrole nitrogens is 1. The summed E-state index contributed by atoms with van der Waals surface area (Å²) < 4.78 is 16.4. The number of aromatic amines is 1. The van der Waals surface area contributed by atoms with E-state index < -0.39 is 11.7 Å². The van der Waals surface area contributed by atoms with Crippen molar-refractivity contribution in [3.8, 4) is 11.1 Å². The first kappa shape index (κ1) is 21.8. The second kappa shape index (κ2) is 9.10. The zero-order valence-corrected chi connectivity index (χ0v) is 18.7. The Kier molecular flexibility index (Phi) is 5.68. The van der Waals surface area contributed by atoms with Gasteiger partial charge in [0.2, 0.25) is 11.9 Å². The van der Waals surface area contributed by atoms with Gasteiger partial charge in [-0.25, -0.2) is 9.37 Å². The van der Waals surface area contributed by atoms with Crippen molar-refractivity contribution in [2.45, 2.75) is 0 Å². The van der Waals surface area contributed by atoms with Crippen molar-refractivity contribution < 1.29 is 9.18 Å². The van der Waals surface area contributed by atoms with Crippen molar-refractivity contribution in [2.24, 2.45) is 7.05 Å². The van der Waals surface area contributed by atoms with Gasteiger partial charge >= 0.3 is 0 Å². The molecule has 0 saturated carbocycles. The lowest BCUT2D eigenvalue weighted by atomic mass is 10.0. The normalized spacial score (nSPS) is 10.8. The van der Waals surface area contributed by atoms with Gasteiger partial charge in [-0.15, -0.1) is 0 Å². The Hall–Kier alpha value is -4.99. The van der Waals surface area contributed by atoms with Gasteiger partial charge in [0.25, 0.3) is 0 Å². The first-order valence-corrected chi connectivity index (χ1v) is 10.7. The third-order valence-corrected chi connectivity index (χ3v) is 5.30. The monoisotopic (exact) mass is 468 g/mol. The lowest BCUT2D eigenvalue weighted by Gasteiger charge is -2.15. The molecule has 10 heteroatoms. The smallest absolute Gasteiger partial charge is 0.247 e. The van der Waals surface area contributed by atoms with Gasteiger partial charge in [-0.3, -0.25) is 9.48 Å². The molecule has 0 bridgehead atoms. The van der Waals surface area contributed by atoms with Gasteiger partial charge in [0.15, 0.2) is 0 Å². The molecule has 4 N–H and O–H groups in total. The van der Waals surface area contributed by atoms with Gasteiger partial charge in [0.05, 0.1) is 23.1 Å². The maximum absolute atomic E-state index is 14.8. The fourth-order valence-corrected chi connectivity index (χ4v) is 3.68. The Morgan fingerprint density at radius 2 is 2.00 bits per heavy atom. The molecule has 35 heavy (non-hydrogen) atoms. The van der Waals surface area contributed by atoms with Crippen molar-refractivity contribution in [1.29, 1.82) is 0 Å². The number of nitrogens with one attached hydrogen (secondary N) is 4. The summed E-state index contributed by atoms with van der Waals surface area (Å²) in [5.74, 6) is -0.225. The van der Waals surface area contributed by atoms with Crippen LogP contribution in [0, 0.1) is 5.82 Å². The molecule has 1 amide bonds. The summed E-state index contributed by atoms with van der Waals surface area (Å²) in [7, 11) is 1.81. The molecule has 0 spiro atoms. The number of carbonyl (C=O) groups excluding carboxylic acids is 1. The molecule has 5 aromatic rings. The molecule has 0 aliphatic heterocycles. The minimum atomic E-state index is -0.508. The van der Waals surface area contributed by atoms with Crippen LogP contribution in [0.15, 0.2) is 79.9 Å². The van der Waals surface area contributed by atoms with E-state index in [-0.39, 0.29) is 5.69 Å². The fourth-order valence-electron chi connectivity index (χ4n) is 3.68. The van der Waals surface area contributed by atoms with Gasteiger partial charge in [-0.2, -0.15) is 10.1 Å². The zero-order chi connectivity index (χ0) is 24.4. The number of aryl methyl sites for hydroxylation is 1. The Morgan fingerprint density at radius 1 is 1.11 bits per heavy atom. The highest BCUT2D eigenvalue weighted by atomic mass is 19.1. The van der Waals surface area contributed by atoms with E-state index in [2.05, 4.69) is 42.6 Å². The zero-order valence-electron chi connectivity index (χ0n) is 18.7. The van der Waals surface area contributed by atoms with E-state index in [4.69, 9.17) is 0 Å². The number of rotatable bonds is 7. The number of halogens is 1. The predicted octanol–water partition coefficient (Wildman–Crippen LogP) is 5.11. The predicted molar refractivity (Wildman–Crippen MR) is 134 cm³/mol. The van der Waals surface area contributed by atoms with E-state index in [1.807, 2.05) is 30.5 Å². The molecule has 3 heterocycles. The maximum atomic E-state index is 14.8. The summed E-state index contributed by atoms with van der Waals surface area (Å²) >= 11 is 0. The number of benzene rings is 2. The first-order chi connectivity index (χ1) is 17.0. The molecule has 0 saturated heterocycles. The SMILES string of the molecule is C=CC(=O)Nc1ccc(F)c(Nc2nc(Nc3cnn(C)c3)ncc2-c2cccc3cc[nH]c23)c1. The Labute approximate surface area is 199 Å². The third kappa shape index (κ3) is 4.58. The summed E-state index contributed by atoms with van der Waals surface area (Å²) in [4.78, 5) is 24.1. The van der Waals surface area contributed by atoms with Crippen LogP contribution in [0.4, 0.5) is 33.2 Å². The molecule has 174 valence electrons. The van der Waals surface area contributed by atoms with Gasteiger partial charge < -0.3 is 20.9 Å². The highest BCUT2D eigenvalue weighted by molar-refractivity contribution is 5.99. The van der Waals surface area contributed by atoms with Gasteiger partial charge in [-0.1, -0.05) is 24.8 Å². The van der Waals surface area contributed by atoms with Gasteiger partial charge in [0, 0.05) is 42.5 Å². The van der Waals surface area contributed by atoms with E-state index in [9.17, 15) is 9.18 Å². The third-order valence-electron chi connectivity index (χ3n) is 5.30. The average Bonchev–Trinajstić information content (AvgIpc) is 3.50. The van der Waals surface area contributed by atoms with E-state index in [0.717, 1.165) is 22.5 Å². The number of carbonyl (C=O) groups is 1.